The number of para-hydroxylation sites is 1. The molecule has 0 aliphatic rings. The van der Waals surface area contributed by atoms with Crippen molar-refractivity contribution >= 4 is 38.0 Å². The van der Waals surface area contributed by atoms with Crippen LogP contribution in [0.25, 0.3) is 33.2 Å². The van der Waals surface area contributed by atoms with Crippen LogP contribution in [0.5, 0.6) is 0 Å². The zero-order valence-corrected chi connectivity index (χ0v) is 12.1. The first-order valence-corrected chi connectivity index (χ1v) is 7.14. The minimum absolute atomic E-state index is 0.685. The molecule has 0 fully saturated rings. The molecule has 0 radical (unpaired) electrons. The fourth-order valence-corrected chi connectivity index (χ4v) is 2.92. The molecular formula is C17H10BrNO. The lowest BCUT2D eigenvalue weighted by Crippen LogP contribution is -1.78. The molecule has 0 bridgehead atoms. The molecule has 0 aliphatic carbocycles. The molecule has 0 amide bonds. The van der Waals surface area contributed by atoms with Gasteiger partial charge in [-0.25, -0.2) is 4.98 Å². The van der Waals surface area contributed by atoms with Gasteiger partial charge in [-0.1, -0.05) is 46.3 Å². The highest BCUT2D eigenvalue weighted by Crippen LogP contribution is 2.35. The fraction of sp³-hybridized carbons (Fsp3) is 0. The predicted octanol–water partition coefficient (Wildman–Crippen LogP) is 5.41. The average molecular weight is 324 g/mol. The third-order valence-corrected chi connectivity index (χ3v) is 3.90. The highest BCUT2D eigenvalue weighted by molar-refractivity contribution is 9.10. The lowest BCUT2D eigenvalue weighted by Gasteiger charge is -2.03. The first-order chi connectivity index (χ1) is 9.83. The monoisotopic (exact) mass is 323 g/mol. The molecule has 2 nitrogen and oxygen atoms in total. The van der Waals surface area contributed by atoms with E-state index in [2.05, 4.69) is 51.2 Å². The van der Waals surface area contributed by atoms with E-state index in [0.29, 0.717) is 5.71 Å². The Bertz CT molecular complexity index is 926. The summed E-state index contributed by atoms with van der Waals surface area (Å²) >= 11 is 3.52. The molecule has 0 aliphatic heterocycles. The maximum absolute atomic E-state index is 5.95. The van der Waals surface area contributed by atoms with Crippen LogP contribution in [0, 0.1) is 0 Å². The number of furan rings is 1. The fourth-order valence-electron chi connectivity index (χ4n) is 2.52. The predicted molar refractivity (Wildman–Crippen MR) is 84.7 cm³/mol. The first kappa shape index (κ1) is 11.7. The van der Waals surface area contributed by atoms with Crippen molar-refractivity contribution in [3.05, 3.63) is 65.3 Å². The summed E-state index contributed by atoms with van der Waals surface area (Å²) in [6, 6.07) is 18.4. The van der Waals surface area contributed by atoms with Gasteiger partial charge in [0.25, 0.3) is 0 Å². The van der Waals surface area contributed by atoms with Crippen molar-refractivity contribution < 1.29 is 4.42 Å². The van der Waals surface area contributed by atoms with Crippen LogP contribution in [0.15, 0.2) is 69.7 Å². The van der Waals surface area contributed by atoms with Gasteiger partial charge in [0, 0.05) is 27.0 Å². The quantitative estimate of drug-likeness (QED) is 0.468. The van der Waals surface area contributed by atoms with E-state index in [0.717, 1.165) is 32.0 Å². The van der Waals surface area contributed by atoms with Gasteiger partial charge in [-0.05, 0) is 29.8 Å². The van der Waals surface area contributed by atoms with Crippen LogP contribution in [0.2, 0.25) is 0 Å². The van der Waals surface area contributed by atoms with Crippen molar-refractivity contribution in [3.63, 3.8) is 0 Å². The number of pyridine rings is 1. The van der Waals surface area contributed by atoms with Gasteiger partial charge in [0.2, 0.25) is 5.71 Å². The van der Waals surface area contributed by atoms with Gasteiger partial charge >= 0.3 is 0 Å². The third-order valence-electron chi connectivity index (χ3n) is 3.41. The van der Waals surface area contributed by atoms with Gasteiger partial charge in [-0.15, -0.1) is 0 Å². The van der Waals surface area contributed by atoms with Crippen LogP contribution < -0.4 is 0 Å². The molecule has 4 aromatic rings. The number of halogens is 1. The maximum atomic E-state index is 5.95. The second-order valence-electron chi connectivity index (χ2n) is 4.65. The maximum Gasteiger partial charge on any atom is 0.227 e. The molecule has 0 saturated heterocycles. The van der Waals surface area contributed by atoms with Crippen LogP contribution in [0.3, 0.4) is 0 Å². The van der Waals surface area contributed by atoms with Crippen molar-refractivity contribution in [2.75, 3.05) is 0 Å². The molecule has 2 aromatic heterocycles. The Hall–Kier alpha value is -2.13. The Morgan fingerprint density at radius 1 is 0.900 bits per heavy atom. The normalized spacial score (nSPS) is 11.2. The Kier molecular flexibility index (Phi) is 2.60. The summed E-state index contributed by atoms with van der Waals surface area (Å²) in [5.74, 6) is 0. The second-order valence-corrected chi connectivity index (χ2v) is 5.57. The lowest BCUT2D eigenvalue weighted by molar-refractivity contribution is 0.655. The molecule has 0 spiro atoms. The van der Waals surface area contributed by atoms with E-state index in [-0.39, 0.29) is 0 Å². The minimum atomic E-state index is 0.685. The number of fused-ring (bicyclic) bond motifs is 3. The highest BCUT2D eigenvalue weighted by atomic mass is 79.9. The molecule has 0 atom stereocenters. The summed E-state index contributed by atoms with van der Waals surface area (Å²) < 4.78 is 7.01. The molecule has 96 valence electrons. The van der Waals surface area contributed by atoms with Crippen molar-refractivity contribution in [3.8, 4) is 11.1 Å². The molecule has 3 heteroatoms. The largest absolute Gasteiger partial charge is 0.437 e. The van der Waals surface area contributed by atoms with Gasteiger partial charge in [-0.2, -0.15) is 0 Å². The van der Waals surface area contributed by atoms with E-state index in [4.69, 9.17) is 4.42 Å². The molecule has 0 saturated carbocycles. The number of hydrogen-bond acceptors (Lipinski definition) is 2. The SMILES string of the molecule is Brc1cccc(-c2cccc3c2oc2ncccc23)c1. The summed E-state index contributed by atoms with van der Waals surface area (Å²) in [6.07, 6.45) is 1.75. The second kappa shape index (κ2) is 4.46. The summed E-state index contributed by atoms with van der Waals surface area (Å²) in [4.78, 5) is 4.29. The number of rotatable bonds is 1. The Balaban J connectivity index is 2.10. The number of aromatic nitrogens is 1. The summed E-state index contributed by atoms with van der Waals surface area (Å²) in [5.41, 5.74) is 3.79. The molecule has 2 aromatic carbocycles. The Labute approximate surface area is 124 Å². The van der Waals surface area contributed by atoms with E-state index in [9.17, 15) is 0 Å². The smallest absolute Gasteiger partial charge is 0.227 e. The molecule has 0 unspecified atom stereocenters. The first-order valence-electron chi connectivity index (χ1n) is 6.35. The number of benzene rings is 2. The van der Waals surface area contributed by atoms with Crippen LogP contribution >= 0.6 is 15.9 Å². The van der Waals surface area contributed by atoms with Crippen LogP contribution in [0.4, 0.5) is 0 Å². The van der Waals surface area contributed by atoms with Crippen molar-refractivity contribution in [2.45, 2.75) is 0 Å². The molecule has 4 rings (SSSR count). The number of hydrogen-bond donors (Lipinski definition) is 0. The third kappa shape index (κ3) is 1.74. The van der Waals surface area contributed by atoms with Gasteiger partial charge in [0.05, 0.1) is 0 Å². The molecule has 2 heterocycles. The summed E-state index contributed by atoms with van der Waals surface area (Å²) in [5, 5.41) is 2.16. The molecule has 20 heavy (non-hydrogen) atoms. The van der Waals surface area contributed by atoms with Crippen molar-refractivity contribution in [2.24, 2.45) is 0 Å². The lowest BCUT2D eigenvalue weighted by atomic mass is 10.0. The van der Waals surface area contributed by atoms with Gasteiger partial charge in [-0.3, -0.25) is 0 Å². The highest BCUT2D eigenvalue weighted by Gasteiger charge is 2.12. The summed E-state index contributed by atoms with van der Waals surface area (Å²) in [7, 11) is 0. The molecular weight excluding hydrogens is 314 g/mol. The van der Waals surface area contributed by atoms with Crippen LogP contribution in [0.1, 0.15) is 0 Å². The zero-order valence-electron chi connectivity index (χ0n) is 10.5. The molecule has 0 N–H and O–H groups in total. The minimum Gasteiger partial charge on any atom is -0.437 e. The van der Waals surface area contributed by atoms with Crippen molar-refractivity contribution in [1.82, 2.24) is 4.98 Å². The average Bonchev–Trinajstić information content (AvgIpc) is 2.86. The van der Waals surface area contributed by atoms with Crippen molar-refractivity contribution in [1.29, 1.82) is 0 Å². The van der Waals surface area contributed by atoms with E-state index in [1.54, 1.807) is 6.20 Å². The number of nitrogens with zero attached hydrogens (tertiary/aromatic N) is 1. The Morgan fingerprint density at radius 3 is 2.65 bits per heavy atom. The van der Waals surface area contributed by atoms with Gasteiger partial charge in [0.1, 0.15) is 5.58 Å². The van der Waals surface area contributed by atoms with E-state index < -0.39 is 0 Å². The standard InChI is InChI=1S/C17H10BrNO/c18-12-5-1-4-11(10-12)13-6-2-7-14-15-8-3-9-19-17(15)20-16(13)14/h1-10H. The zero-order chi connectivity index (χ0) is 13.5. The summed E-state index contributed by atoms with van der Waals surface area (Å²) in [6.45, 7) is 0. The van der Waals surface area contributed by atoms with Crippen LogP contribution in [-0.4, -0.2) is 4.98 Å². The van der Waals surface area contributed by atoms with Gasteiger partial charge in [0.15, 0.2) is 0 Å². The van der Waals surface area contributed by atoms with E-state index in [1.165, 1.54) is 0 Å². The van der Waals surface area contributed by atoms with Gasteiger partial charge < -0.3 is 4.42 Å². The topological polar surface area (TPSA) is 26.0 Å². The van der Waals surface area contributed by atoms with E-state index in [1.807, 2.05) is 24.3 Å². The Morgan fingerprint density at radius 2 is 1.75 bits per heavy atom. The van der Waals surface area contributed by atoms with Crippen LogP contribution in [-0.2, 0) is 0 Å². The van der Waals surface area contributed by atoms with E-state index >= 15 is 0 Å².